The molecule has 1 aliphatic heterocycles. The second-order valence-electron chi connectivity index (χ2n) is 3.24. The van der Waals surface area contributed by atoms with Crippen LogP contribution in [-0.2, 0) is 11.2 Å². The third-order valence-electron chi connectivity index (χ3n) is 2.34. The molecule has 0 aliphatic carbocycles. The number of thiophene rings is 1. The topological polar surface area (TPSA) is 20.3 Å². The second kappa shape index (κ2) is 3.50. The minimum Gasteiger partial charge on any atom is -0.304 e. The number of anilines is 1. The number of rotatable bonds is 2. The highest BCUT2D eigenvalue weighted by Crippen LogP contribution is 2.29. The van der Waals surface area contributed by atoms with E-state index >= 15 is 0 Å². The van der Waals surface area contributed by atoms with Gasteiger partial charge in [0.15, 0.2) is 0 Å². The lowest BCUT2D eigenvalue weighted by Gasteiger charge is -2.11. The largest absolute Gasteiger partial charge is 0.304 e. The molecule has 1 amide bonds. The van der Waals surface area contributed by atoms with Crippen LogP contribution < -0.4 is 4.90 Å². The molecule has 0 atom stereocenters. The summed E-state index contributed by atoms with van der Waals surface area (Å²) in [5.41, 5.74) is 0. The predicted molar refractivity (Wildman–Crippen MR) is 55.3 cm³/mol. The van der Waals surface area contributed by atoms with Crippen LogP contribution in [0.4, 0.5) is 5.00 Å². The quantitative estimate of drug-likeness (QED) is 0.709. The summed E-state index contributed by atoms with van der Waals surface area (Å²) in [4.78, 5) is 14.7. The van der Waals surface area contributed by atoms with E-state index in [1.807, 2.05) is 4.90 Å². The van der Waals surface area contributed by atoms with Gasteiger partial charge in [-0.15, -0.1) is 11.3 Å². The van der Waals surface area contributed by atoms with Gasteiger partial charge >= 0.3 is 0 Å². The minimum atomic E-state index is 0.282. The first-order valence-corrected chi connectivity index (χ1v) is 5.52. The maximum Gasteiger partial charge on any atom is 0.227 e. The van der Waals surface area contributed by atoms with E-state index < -0.39 is 0 Å². The van der Waals surface area contributed by atoms with Crippen LogP contribution in [0.5, 0.6) is 0 Å². The molecule has 2 heterocycles. The summed E-state index contributed by atoms with van der Waals surface area (Å²) >= 11 is 1.74. The predicted octanol–water partition coefficient (Wildman–Crippen LogP) is 2.44. The first-order chi connectivity index (χ1) is 6.31. The van der Waals surface area contributed by atoms with E-state index in [9.17, 15) is 4.79 Å². The Hall–Kier alpha value is -0.830. The minimum absolute atomic E-state index is 0.282. The van der Waals surface area contributed by atoms with Crippen molar-refractivity contribution in [3.8, 4) is 0 Å². The van der Waals surface area contributed by atoms with Gasteiger partial charge in [-0.05, 0) is 25.0 Å². The Bertz CT molecular complexity index is 318. The molecule has 1 fully saturated rings. The number of hydrogen-bond donors (Lipinski definition) is 0. The van der Waals surface area contributed by atoms with Gasteiger partial charge < -0.3 is 4.90 Å². The highest BCUT2D eigenvalue weighted by molar-refractivity contribution is 7.16. The molecule has 0 unspecified atom stereocenters. The molecule has 1 aliphatic rings. The van der Waals surface area contributed by atoms with Gasteiger partial charge in [-0.25, -0.2) is 0 Å². The molecular weight excluding hydrogens is 182 g/mol. The van der Waals surface area contributed by atoms with E-state index in [1.54, 1.807) is 11.3 Å². The molecule has 3 heteroatoms. The third-order valence-corrected chi connectivity index (χ3v) is 3.59. The van der Waals surface area contributed by atoms with Crippen LogP contribution in [0.2, 0.25) is 0 Å². The van der Waals surface area contributed by atoms with Gasteiger partial charge in [0.25, 0.3) is 0 Å². The van der Waals surface area contributed by atoms with Crippen molar-refractivity contribution in [2.75, 3.05) is 11.4 Å². The number of nitrogens with zero attached hydrogens (tertiary/aromatic N) is 1. The highest BCUT2D eigenvalue weighted by atomic mass is 32.1. The molecule has 70 valence electrons. The molecule has 0 aromatic carbocycles. The van der Waals surface area contributed by atoms with Crippen LogP contribution in [-0.4, -0.2) is 12.5 Å². The molecule has 0 spiro atoms. The fraction of sp³-hybridized carbons (Fsp3) is 0.500. The van der Waals surface area contributed by atoms with Gasteiger partial charge in [-0.3, -0.25) is 4.79 Å². The average molecular weight is 195 g/mol. The summed E-state index contributed by atoms with van der Waals surface area (Å²) in [6.07, 6.45) is 2.80. The van der Waals surface area contributed by atoms with E-state index in [2.05, 4.69) is 19.1 Å². The molecular formula is C10H13NOS. The monoisotopic (exact) mass is 195 g/mol. The highest BCUT2D eigenvalue weighted by Gasteiger charge is 2.22. The Kier molecular flexibility index (Phi) is 2.36. The summed E-state index contributed by atoms with van der Waals surface area (Å²) in [6.45, 7) is 3.05. The number of amides is 1. The van der Waals surface area contributed by atoms with Crippen molar-refractivity contribution in [1.29, 1.82) is 0 Å². The number of hydrogen-bond acceptors (Lipinski definition) is 2. The average Bonchev–Trinajstić information content (AvgIpc) is 2.71. The molecule has 1 saturated heterocycles. The smallest absolute Gasteiger partial charge is 0.227 e. The van der Waals surface area contributed by atoms with Gasteiger partial charge in [0.1, 0.15) is 0 Å². The summed E-state index contributed by atoms with van der Waals surface area (Å²) in [5.74, 6) is 0.282. The van der Waals surface area contributed by atoms with Crippen LogP contribution >= 0.6 is 11.3 Å². The van der Waals surface area contributed by atoms with Gasteiger partial charge in [0, 0.05) is 17.8 Å². The standard InChI is InChI=1S/C10H13NOS/c1-2-8-5-6-10(13-8)11-7-3-4-9(11)12/h5-6H,2-4,7H2,1H3. The van der Waals surface area contributed by atoms with Crippen molar-refractivity contribution in [2.45, 2.75) is 26.2 Å². The molecule has 2 nitrogen and oxygen atoms in total. The third kappa shape index (κ3) is 1.61. The first kappa shape index (κ1) is 8.75. The fourth-order valence-corrected chi connectivity index (χ4v) is 2.57. The summed E-state index contributed by atoms with van der Waals surface area (Å²) in [5, 5.41) is 1.12. The van der Waals surface area contributed by atoms with Crippen LogP contribution in [0, 0.1) is 0 Å². The second-order valence-corrected chi connectivity index (χ2v) is 4.39. The van der Waals surface area contributed by atoms with E-state index in [-0.39, 0.29) is 5.91 Å². The maximum atomic E-state index is 11.4. The van der Waals surface area contributed by atoms with Crippen LogP contribution in [0.25, 0.3) is 0 Å². The molecule has 2 rings (SSSR count). The van der Waals surface area contributed by atoms with Gasteiger partial charge in [-0.1, -0.05) is 6.92 Å². The lowest BCUT2D eigenvalue weighted by molar-refractivity contribution is -0.117. The van der Waals surface area contributed by atoms with Crippen LogP contribution in [0.15, 0.2) is 12.1 Å². The molecule has 1 aromatic heterocycles. The zero-order valence-corrected chi connectivity index (χ0v) is 8.56. The molecule has 1 aromatic rings. The van der Waals surface area contributed by atoms with Crippen LogP contribution in [0.1, 0.15) is 24.6 Å². The lowest BCUT2D eigenvalue weighted by Crippen LogP contribution is -2.22. The fourth-order valence-electron chi connectivity index (χ4n) is 1.58. The summed E-state index contributed by atoms with van der Waals surface area (Å²) < 4.78 is 0. The normalized spacial score (nSPS) is 17.0. The van der Waals surface area contributed by atoms with E-state index in [1.165, 1.54) is 4.88 Å². The van der Waals surface area contributed by atoms with Crippen molar-refractivity contribution in [1.82, 2.24) is 0 Å². The zero-order chi connectivity index (χ0) is 9.26. The summed E-state index contributed by atoms with van der Waals surface area (Å²) in [7, 11) is 0. The Morgan fingerprint density at radius 2 is 2.38 bits per heavy atom. The zero-order valence-electron chi connectivity index (χ0n) is 7.75. The molecule has 0 saturated carbocycles. The van der Waals surface area contributed by atoms with Crippen molar-refractivity contribution in [2.24, 2.45) is 0 Å². The van der Waals surface area contributed by atoms with E-state index in [0.29, 0.717) is 0 Å². The Morgan fingerprint density at radius 1 is 1.54 bits per heavy atom. The van der Waals surface area contributed by atoms with Crippen molar-refractivity contribution in [3.05, 3.63) is 17.0 Å². The van der Waals surface area contributed by atoms with Crippen LogP contribution in [0.3, 0.4) is 0 Å². The lowest BCUT2D eigenvalue weighted by atomic mass is 10.4. The molecule has 0 bridgehead atoms. The maximum absolute atomic E-state index is 11.4. The van der Waals surface area contributed by atoms with Gasteiger partial charge in [0.05, 0.1) is 5.00 Å². The van der Waals surface area contributed by atoms with Gasteiger partial charge in [0.2, 0.25) is 5.91 Å². The van der Waals surface area contributed by atoms with E-state index in [4.69, 9.17) is 0 Å². The SMILES string of the molecule is CCc1ccc(N2CCCC2=O)s1. The Balaban J connectivity index is 2.19. The number of aryl methyl sites for hydroxylation is 1. The van der Waals surface area contributed by atoms with Crippen molar-refractivity contribution in [3.63, 3.8) is 0 Å². The van der Waals surface area contributed by atoms with Gasteiger partial charge in [-0.2, -0.15) is 0 Å². The molecule has 0 radical (unpaired) electrons. The molecule has 13 heavy (non-hydrogen) atoms. The van der Waals surface area contributed by atoms with E-state index in [0.717, 1.165) is 30.8 Å². The number of carbonyl (C=O) groups is 1. The van der Waals surface area contributed by atoms with Crippen molar-refractivity contribution >= 4 is 22.2 Å². The Labute approximate surface area is 82.2 Å². The molecule has 0 N–H and O–H groups in total. The summed E-state index contributed by atoms with van der Waals surface area (Å²) in [6, 6.07) is 4.18. The Morgan fingerprint density at radius 3 is 2.92 bits per heavy atom. The first-order valence-electron chi connectivity index (χ1n) is 4.70. The van der Waals surface area contributed by atoms with Crippen molar-refractivity contribution < 1.29 is 4.79 Å². The number of carbonyl (C=O) groups excluding carboxylic acids is 1.